The van der Waals surface area contributed by atoms with E-state index in [4.69, 9.17) is 28.8 Å². The molecule has 0 spiro atoms. The van der Waals surface area contributed by atoms with Crippen molar-refractivity contribution in [1.29, 1.82) is 0 Å². The number of rotatable bonds is 14. The van der Waals surface area contributed by atoms with Crippen LogP contribution >= 0.6 is 11.6 Å². The van der Waals surface area contributed by atoms with Crippen LogP contribution in [0.25, 0.3) is 11.1 Å². The van der Waals surface area contributed by atoms with Crippen LogP contribution in [0.2, 0.25) is 5.02 Å². The molecular weight excluding hydrogens is 518 g/mol. The second-order valence-electron chi connectivity index (χ2n) is 9.01. The first kappa shape index (κ1) is 29.6. The van der Waals surface area contributed by atoms with Crippen LogP contribution in [0.3, 0.4) is 0 Å². The van der Waals surface area contributed by atoms with E-state index in [9.17, 15) is 9.59 Å². The van der Waals surface area contributed by atoms with E-state index in [1.165, 1.54) is 6.20 Å². The number of carbonyl (C=O) groups is 1. The number of aromatic nitrogens is 2. The maximum Gasteiger partial charge on any atom is 0.321 e. The van der Waals surface area contributed by atoms with Gasteiger partial charge in [0.1, 0.15) is 0 Å². The van der Waals surface area contributed by atoms with Crippen LogP contribution in [0.5, 0.6) is 0 Å². The largest absolute Gasteiger partial charge is 0.370 e. The van der Waals surface area contributed by atoms with E-state index in [0.717, 1.165) is 49.2 Å². The van der Waals surface area contributed by atoms with E-state index in [1.807, 2.05) is 42.5 Å². The Balaban J connectivity index is 1.54. The second-order valence-corrected chi connectivity index (χ2v) is 9.45. The van der Waals surface area contributed by atoms with E-state index in [1.54, 1.807) is 6.07 Å². The molecule has 0 saturated carbocycles. The van der Waals surface area contributed by atoms with Gasteiger partial charge in [0.25, 0.3) is 5.56 Å². The van der Waals surface area contributed by atoms with Crippen molar-refractivity contribution in [2.75, 3.05) is 38.0 Å². The molecule has 9 N–H and O–H groups in total. The number of amides is 2. The topological polar surface area (TPSA) is 181 Å². The van der Waals surface area contributed by atoms with Crippen LogP contribution < -0.4 is 33.4 Å². The number of nitrogens with two attached hydrogens (primary N) is 3. The molecule has 0 aliphatic heterocycles. The molecule has 39 heavy (non-hydrogen) atoms. The number of halogens is 1. The fourth-order valence-corrected chi connectivity index (χ4v) is 4.18. The number of aromatic amines is 1. The van der Waals surface area contributed by atoms with Crippen molar-refractivity contribution in [1.82, 2.24) is 20.2 Å². The van der Waals surface area contributed by atoms with Gasteiger partial charge in [0.15, 0.2) is 5.96 Å². The highest BCUT2D eigenvalue weighted by Gasteiger charge is 2.10. The lowest BCUT2D eigenvalue weighted by Crippen LogP contribution is -2.31. The highest BCUT2D eigenvalue weighted by Crippen LogP contribution is 2.17. The number of aliphatic imine (C=N–C) groups is 1. The van der Waals surface area contributed by atoms with Crippen molar-refractivity contribution in [3.8, 4) is 11.1 Å². The highest BCUT2D eigenvalue weighted by molar-refractivity contribution is 6.30. The molecule has 0 fully saturated rings. The Kier molecular flexibility index (Phi) is 11.8. The minimum atomic E-state index is -0.463. The number of carbonyl (C=O) groups excluding carboxylic acids is 1. The van der Waals surface area contributed by atoms with Crippen LogP contribution in [0.1, 0.15) is 24.0 Å². The highest BCUT2D eigenvalue weighted by atomic mass is 35.5. The summed E-state index contributed by atoms with van der Waals surface area (Å²) in [5.74, 6) is 0.164. The quantitative estimate of drug-likeness (QED) is 0.100. The Bertz CT molecular complexity index is 1290. The van der Waals surface area contributed by atoms with Crippen molar-refractivity contribution in [3.63, 3.8) is 0 Å². The van der Waals surface area contributed by atoms with Gasteiger partial charge in [-0.15, -0.1) is 0 Å². The van der Waals surface area contributed by atoms with Crippen LogP contribution in [0.15, 0.2) is 64.5 Å². The molecule has 0 radical (unpaired) electrons. The average molecular weight is 554 g/mol. The number of nitrogens with zero attached hydrogens (tertiary/aromatic N) is 3. The Hall–Kier alpha value is -3.93. The van der Waals surface area contributed by atoms with Crippen molar-refractivity contribution in [2.45, 2.75) is 25.8 Å². The zero-order chi connectivity index (χ0) is 28.0. The first-order valence-corrected chi connectivity index (χ1v) is 13.2. The minimum absolute atomic E-state index is 0.0666. The molecule has 2 amide bonds. The van der Waals surface area contributed by atoms with Crippen molar-refractivity contribution < 1.29 is 4.79 Å². The van der Waals surface area contributed by atoms with Crippen molar-refractivity contribution in [2.24, 2.45) is 22.2 Å². The number of anilines is 1. The maximum absolute atomic E-state index is 12.7. The third kappa shape index (κ3) is 10.4. The summed E-state index contributed by atoms with van der Waals surface area (Å²) in [7, 11) is 0. The van der Waals surface area contributed by atoms with E-state index in [0.29, 0.717) is 36.6 Å². The van der Waals surface area contributed by atoms with Gasteiger partial charge in [-0.05, 0) is 61.2 Å². The van der Waals surface area contributed by atoms with Crippen molar-refractivity contribution >= 4 is 29.5 Å². The third-order valence-electron chi connectivity index (χ3n) is 5.90. The summed E-state index contributed by atoms with van der Waals surface area (Å²) in [4.78, 5) is 38.1. The van der Waals surface area contributed by atoms with Gasteiger partial charge >= 0.3 is 6.03 Å². The normalized spacial score (nSPS) is 10.8. The number of guanidine groups is 1. The van der Waals surface area contributed by atoms with Gasteiger partial charge in [-0.25, -0.2) is 9.78 Å². The van der Waals surface area contributed by atoms with Gasteiger partial charge in [0.2, 0.25) is 5.95 Å². The molecule has 3 aromatic rings. The molecule has 11 nitrogen and oxygen atoms in total. The number of urea groups is 1. The monoisotopic (exact) mass is 553 g/mol. The Morgan fingerprint density at radius 1 is 1.08 bits per heavy atom. The number of benzene rings is 2. The van der Waals surface area contributed by atoms with Gasteiger partial charge < -0.3 is 22.5 Å². The lowest BCUT2D eigenvalue weighted by molar-refractivity contribution is 0.252. The molecule has 3 rings (SSSR count). The van der Waals surface area contributed by atoms with Crippen LogP contribution in [0.4, 0.5) is 10.7 Å². The summed E-state index contributed by atoms with van der Waals surface area (Å²) in [5, 5.41) is 5.94. The van der Waals surface area contributed by atoms with Crippen LogP contribution in [-0.2, 0) is 13.0 Å². The summed E-state index contributed by atoms with van der Waals surface area (Å²) in [6, 6.07) is 14.7. The van der Waals surface area contributed by atoms with Gasteiger partial charge in [0.05, 0.1) is 5.56 Å². The minimum Gasteiger partial charge on any atom is -0.370 e. The molecule has 0 bridgehead atoms. The van der Waals surface area contributed by atoms with Gasteiger partial charge in [-0.1, -0.05) is 48.0 Å². The van der Waals surface area contributed by atoms with E-state index >= 15 is 0 Å². The zero-order valence-electron chi connectivity index (χ0n) is 21.8. The molecule has 2 aromatic carbocycles. The Morgan fingerprint density at radius 3 is 2.54 bits per heavy atom. The molecule has 0 unspecified atom stereocenters. The number of hydrogen-bond donors (Lipinski definition) is 6. The molecule has 208 valence electrons. The molecular formula is C27H36ClN9O2. The molecule has 12 heteroatoms. The summed E-state index contributed by atoms with van der Waals surface area (Å²) in [5.41, 5.74) is 19.4. The molecule has 1 aromatic heterocycles. The predicted octanol–water partition coefficient (Wildman–Crippen LogP) is 2.27. The molecule has 0 aliphatic rings. The number of nitrogens with one attached hydrogen (secondary N) is 3. The summed E-state index contributed by atoms with van der Waals surface area (Å²) >= 11 is 5.98. The first-order chi connectivity index (χ1) is 18.8. The molecule has 0 saturated heterocycles. The lowest BCUT2D eigenvalue weighted by atomic mass is 10.1. The second kappa shape index (κ2) is 15.5. The van der Waals surface area contributed by atoms with E-state index in [-0.39, 0.29) is 17.5 Å². The van der Waals surface area contributed by atoms with Crippen LogP contribution in [-0.4, -0.2) is 59.6 Å². The maximum atomic E-state index is 12.7. The SMILES string of the molecule is NCCCN(CCCN=C(N)N)Cc1ccc(-c2cnc(NC(=O)NCCc3cccc(Cl)c3)[nH]c2=O)cc1. The van der Waals surface area contributed by atoms with Gasteiger partial charge in [0, 0.05) is 37.4 Å². The van der Waals surface area contributed by atoms with Gasteiger partial charge in [-0.3, -0.25) is 25.0 Å². The van der Waals surface area contributed by atoms with Gasteiger partial charge in [-0.2, -0.15) is 0 Å². The predicted molar refractivity (Wildman–Crippen MR) is 157 cm³/mol. The summed E-state index contributed by atoms with van der Waals surface area (Å²) in [6.45, 7) is 4.05. The number of hydrogen-bond acceptors (Lipinski definition) is 6. The first-order valence-electron chi connectivity index (χ1n) is 12.8. The Labute approximate surface area is 232 Å². The molecule has 0 atom stereocenters. The zero-order valence-corrected chi connectivity index (χ0v) is 22.6. The fourth-order valence-electron chi connectivity index (χ4n) is 3.96. The standard InChI is InChI=1S/C27H36ClN9O2/c28-22-5-1-4-19(16-22)10-13-33-27(39)36-26-34-17-23(24(38)35-26)21-8-6-20(7-9-21)18-37(14-2-11-29)15-3-12-32-25(30)31/h1,4-9,16-17H,2-3,10-15,18,29H2,(H4,30,31,32)(H3,33,34,35,36,38,39). The van der Waals surface area contributed by atoms with E-state index in [2.05, 4.69) is 30.5 Å². The van der Waals surface area contributed by atoms with E-state index < -0.39 is 6.03 Å². The summed E-state index contributed by atoms with van der Waals surface area (Å²) < 4.78 is 0. The molecule has 1 heterocycles. The lowest BCUT2D eigenvalue weighted by Gasteiger charge is -2.22. The smallest absolute Gasteiger partial charge is 0.321 e. The fraction of sp³-hybridized carbons (Fsp3) is 0.333. The Morgan fingerprint density at radius 2 is 1.85 bits per heavy atom. The summed E-state index contributed by atoms with van der Waals surface area (Å²) in [6.07, 6.45) is 3.80. The van der Waals surface area contributed by atoms with Crippen LogP contribution in [0, 0.1) is 0 Å². The average Bonchev–Trinajstić information content (AvgIpc) is 2.90. The van der Waals surface area contributed by atoms with Crippen molar-refractivity contribution in [3.05, 3.63) is 81.2 Å². The number of H-pyrrole nitrogens is 1. The molecule has 0 aliphatic carbocycles. The third-order valence-corrected chi connectivity index (χ3v) is 6.13.